The third-order valence-electron chi connectivity index (χ3n) is 1.80. The van der Waals surface area contributed by atoms with Crippen LogP contribution >= 0.6 is 0 Å². The van der Waals surface area contributed by atoms with Crippen molar-refractivity contribution in [3.05, 3.63) is 24.3 Å². The van der Waals surface area contributed by atoms with Gasteiger partial charge in [0.15, 0.2) is 0 Å². The molecule has 0 saturated carbocycles. The number of nitrogens with two attached hydrogens (primary N) is 1. The van der Waals surface area contributed by atoms with Gasteiger partial charge in [0.2, 0.25) is 0 Å². The second kappa shape index (κ2) is 5.69. The van der Waals surface area contributed by atoms with Gasteiger partial charge in [-0.15, -0.1) is 0 Å². The Morgan fingerprint density at radius 3 is 2.69 bits per heavy atom. The SMILES string of the molecule is COCCNS(=O)(=O)Nc1ccccc1N. The number of para-hydroxylation sites is 2. The number of nitrogens with one attached hydrogen (secondary N) is 2. The van der Waals surface area contributed by atoms with Crippen molar-refractivity contribution in [2.45, 2.75) is 0 Å². The van der Waals surface area contributed by atoms with E-state index in [4.69, 9.17) is 10.5 Å². The lowest BCUT2D eigenvalue weighted by molar-refractivity contribution is 0.204. The number of anilines is 2. The number of methoxy groups -OCH3 is 1. The van der Waals surface area contributed by atoms with E-state index in [2.05, 4.69) is 9.44 Å². The largest absolute Gasteiger partial charge is 0.397 e. The van der Waals surface area contributed by atoms with Crippen molar-refractivity contribution in [3.8, 4) is 0 Å². The van der Waals surface area contributed by atoms with Gasteiger partial charge in [0, 0.05) is 13.7 Å². The minimum Gasteiger partial charge on any atom is -0.397 e. The van der Waals surface area contributed by atoms with E-state index in [0.717, 1.165) is 0 Å². The Morgan fingerprint density at radius 2 is 2.06 bits per heavy atom. The van der Waals surface area contributed by atoms with E-state index in [1.807, 2.05) is 0 Å². The van der Waals surface area contributed by atoms with Crippen LogP contribution in [0, 0.1) is 0 Å². The summed E-state index contributed by atoms with van der Waals surface area (Å²) in [6, 6.07) is 6.63. The van der Waals surface area contributed by atoms with Crippen molar-refractivity contribution < 1.29 is 13.2 Å². The normalized spacial score (nSPS) is 11.3. The van der Waals surface area contributed by atoms with Crippen LogP contribution < -0.4 is 15.2 Å². The molecule has 0 aromatic heterocycles. The van der Waals surface area contributed by atoms with E-state index >= 15 is 0 Å². The molecule has 0 fully saturated rings. The zero-order valence-corrected chi connectivity index (χ0v) is 9.75. The average molecular weight is 245 g/mol. The van der Waals surface area contributed by atoms with Crippen molar-refractivity contribution >= 4 is 21.6 Å². The highest BCUT2D eigenvalue weighted by molar-refractivity contribution is 7.90. The molecular weight excluding hydrogens is 230 g/mol. The van der Waals surface area contributed by atoms with Crippen LogP contribution in [0.25, 0.3) is 0 Å². The van der Waals surface area contributed by atoms with E-state index in [9.17, 15) is 8.42 Å². The van der Waals surface area contributed by atoms with Crippen molar-refractivity contribution in [1.29, 1.82) is 0 Å². The van der Waals surface area contributed by atoms with Gasteiger partial charge >= 0.3 is 0 Å². The van der Waals surface area contributed by atoms with Gasteiger partial charge in [-0.25, -0.2) is 0 Å². The Morgan fingerprint density at radius 1 is 1.38 bits per heavy atom. The van der Waals surface area contributed by atoms with Crippen LogP contribution in [0.15, 0.2) is 24.3 Å². The quantitative estimate of drug-likeness (QED) is 0.491. The van der Waals surface area contributed by atoms with Crippen LogP contribution in [0.3, 0.4) is 0 Å². The molecule has 90 valence electrons. The number of ether oxygens (including phenoxy) is 1. The lowest BCUT2D eigenvalue weighted by Gasteiger charge is -2.10. The lowest BCUT2D eigenvalue weighted by Crippen LogP contribution is -2.32. The molecule has 0 aliphatic heterocycles. The molecule has 1 aromatic rings. The van der Waals surface area contributed by atoms with Gasteiger partial charge in [-0.1, -0.05) is 12.1 Å². The molecular formula is C9H15N3O3S. The first kappa shape index (κ1) is 12.8. The number of hydrogen-bond donors (Lipinski definition) is 3. The maximum atomic E-state index is 11.5. The molecule has 0 radical (unpaired) electrons. The maximum Gasteiger partial charge on any atom is 0.299 e. The highest BCUT2D eigenvalue weighted by Crippen LogP contribution is 2.17. The predicted molar refractivity (Wildman–Crippen MR) is 63.3 cm³/mol. The number of benzene rings is 1. The maximum absolute atomic E-state index is 11.5. The van der Waals surface area contributed by atoms with Gasteiger partial charge in [0.25, 0.3) is 10.2 Å². The summed E-state index contributed by atoms with van der Waals surface area (Å²) >= 11 is 0. The molecule has 0 aliphatic carbocycles. The third-order valence-corrected chi connectivity index (χ3v) is 2.88. The minimum atomic E-state index is -3.59. The predicted octanol–water partition coefficient (Wildman–Crippen LogP) is 0.161. The van der Waals surface area contributed by atoms with Gasteiger partial charge in [0.1, 0.15) is 0 Å². The van der Waals surface area contributed by atoms with Gasteiger partial charge in [-0.05, 0) is 12.1 Å². The highest BCUT2D eigenvalue weighted by Gasteiger charge is 2.09. The first-order valence-corrected chi connectivity index (χ1v) is 6.14. The van der Waals surface area contributed by atoms with Crippen LogP contribution in [-0.2, 0) is 14.9 Å². The molecule has 16 heavy (non-hydrogen) atoms. The number of nitrogen functional groups attached to an aromatic ring is 1. The summed E-state index contributed by atoms with van der Waals surface area (Å²) in [7, 11) is -2.09. The molecule has 0 spiro atoms. The molecule has 0 atom stereocenters. The molecule has 1 aromatic carbocycles. The Balaban J connectivity index is 2.63. The van der Waals surface area contributed by atoms with Gasteiger partial charge in [-0.2, -0.15) is 13.1 Å². The monoisotopic (exact) mass is 245 g/mol. The molecule has 0 bridgehead atoms. The third kappa shape index (κ3) is 4.05. The first-order valence-electron chi connectivity index (χ1n) is 4.66. The van der Waals surface area contributed by atoms with Crippen LogP contribution in [-0.4, -0.2) is 28.7 Å². The van der Waals surface area contributed by atoms with Crippen molar-refractivity contribution in [3.63, 3.8) is 0 Å². The smallest absolute Gasteiger partial charge is 0.299 e. The molecule has 7 heteroatoms. The molecule has 1 rings (SSSR count). The van der Waals surface area contributed by atoms with Gasteiger partial charge < -0.3 is 10.5 Å². The topological polar surface area (TPSA) is 93.4 Å². The summed E-state index contributed by atoms with van der Waals surface area (Å²) < 4.78 is 32.4. The van der Waals surface area contributed by atoms with Crippen LogP contribution in [0.2, 0.25) is 0 Å². The van der Waals surface area contributed by atoms with E-state index in [-0.39, 0.29) is 6.54 Å². The Hall–Kier alpha value is -1.31. The average Bonchev–Trinajstić information content (AvgIpc) is 2.21. The van der Waals surface area contributed by atoms with E-state index in [1.54, 1.807) is 24.3 Å². The summed E-state index contributed by atoms with van der Waals surface area (Å²) in [6.07, 6.45) is 0. The molecule has 0 amide bonds. The summed E-state index contributed by atoms with van der Waals surface area (Å²) in [4.78, 5) is 0. The van der Waals surface area contributed by atoms with Gasteiger partial charge in [-0.3, -0.25) is 4.72 Å². The molecule has 0 heterocycles. The summed E-state index contributed by atoms with van der Waals surface area (Å²) in [6.45, 7) is 0.518. The standard InChI is InChI=1S/C9H15N3O3S/c1-15-7-6-11-16(13,14)12-9-5-3-2-4-8(9)10/h2-5,11-12H,6-7,10H2,1H3. The van der Waals surface area contributed by atoms with Crippen molar-refractivity contribution in [2.75, 3.05) is 30.7 Å². The fourth-order valence-corrected chi connectivity index (χ4v) is 1.95. The Bertz CT molecular complexity index is 433. The zero-order valence-electron chi connectivity index (χ0n) is 8.93. The lowest BCUT2D eigenvalue weighted by atomic mass is 10.3. The summed E-state index contributed by atoms with van der Waals surface area (Å²) in [5.41, 5.74) is 6.33. The van der Waals surface area contributed by atoms with E-state index < -0.39 is 10.2 Å². The number of hydrogen-bond acceptors (Lipinski definition) is 4. The Labute approximate surface area is 95.0 Å². The first-order chi connectivity index (χ1) is 7.55. The zero-order chi connectivity index (χ0) is 12.0. The van der Waals surface area contributed by atoms with Gasteiger partial charge in [0.05, 0.1) is 18.0 Å². The van der Waals surface area contributed by atoms with Crippen molar-refractivity contribution in [1.82, 2.24) is 4.72 Å². The van der Waals surface area contributed by atoms with E-state index in [1.165, 1.54) is 7.11 Å². The van der Waals surface area contributed by atoms with E-state index in [0.29, 0.717) is 18.0 Å². The molecule has 0 saturated heterocycles. The molecule has 0 aliphatic rings. The number of rotatable bonds is 6. The van der Waals surface area contributed by atoms with Crippen LogP contribution in [0.1, 0.15) is 0 Å². The second-order valence-electron chi connectivity index (χ2n) is 3.08. The molecule has 6 nitrogen and oxygen atoms in total. The molecule has 0 unspecified atom stereocenters. The van der Waals surface area contributed by atoms with Crippen LogP contribution in [0.5, 0.6) is 0 Å². The van der Waals surface area contributed by atoms with Crippen LogP contribution in [0.4, 0.5) is 11.4 Å². The van der Waals surface area contributed by atoms with Crippen molar-refractivity contribution in [2.24, 2.45) is 0 Å². The summed E-state index contributed by atoms with van der Waals surface area (Å²) in [5.74, 6) is 0. The Kier molecular flexibility index (Phi) is 4.53. The second-order valence-corrected chi connectivity index (χ2v) is 4.58. The summed E-state index contributed by atoms with van der Waals surface area (Å²) in [5, 5.41) is 0. The highest BCUT2D eigenvalue weighted by atomic mass is 32.2. The molecule has 4 N–H and O–H groups in total. The fourth-order valence-electron chi connectivity index (χ4n) is 1.05. The minimum absolute atomic E-state index is 0.207. The fraction of sp³-hybridized carbons (Fsp3) is 0.333.